The van der Waals surface area contributed by atoms with Gasteiger partial charge in [-0.1, -0.05) is 23.7 Å². The van der Waals surface area contributed by atoms with Gasteiger partial charge in [0.1, 0.15) is 5.75 Å². The highest BCUT2D eigenvalue weighted by molar-refractivity contribution is 6.30. The van der Waals surface area contributed by atoms with Gasteiger partial charge in [0, 0.05) is 43.0 Å². The van der Waals surface area contributed by atoms with E-state index in [1.54, 1.807) is 70.3 Å². The number of ether oxygens (including phenoxy) is 1. The van der Waals surface area contributed by atoms with Crippen LogP contribution in [0.5, 0.6) is 5.75 Å². The quantitative estimate of drug-likeness (QED) is 0.645. The number of hydrogen-bond donors (Lipinski definition) is 0. The lowest BCUT2D eigenvalue weighted by Crippen LogP contribution is -2.50. The number of aromatic nitrogens is 2. The number of rotatable bonds is 4. The van der Waals surface area contributed by atoms with Crippen LogP contribution in [0.4, 0.5) is 0 Å². The lowest BCUT2D eigenvalue weighted by Gasteiger charge is -2.34. The maximum Gasteiger partial charge on any atom is 0.274 e. The molecule has 0 radical (unpaired) electrons. The summed E-state index contributed by atoms with van der Waals surface area (Å²) >= 11 is 6.03. The smallest absolute Gasteiger partial charge is 0.274 e. The number of hydrogen-bond acceptors (Lipinski definition) is 4. The van der Waals surface area contributed by atoms with Crippen molar-refractivity contribution in [3.8, 4) is 11.4 Å². The maximum absolute atomic E-state index is 12.8. The lowest BCUT2D eigenvalue weighted by molar-refractivity contribution is 0.0532. The highest BCUT2D eigenvalue weighted by atomic mass is 35.5. The number of nitrogens with zero attached hydrogens (tertiary/aromatic N) is 4. The summed E-state index contributed by atoms with van der Waals surface area (Å²) in [5, 5.41) is 4.99. The summed E-state index contributed by atoms with van der Waals surface area (Å²) in [6.45, 7) is 1.85. The summed E-state index contributed by atoms with van der Waals surface area (Å²) in [5.74, 6) is 0.431. The number of amides is 2. The van der Waals surface area contributed by atoms with Crippen LogP contribution in [0.25, 0.3) is 5.69 Å². The van der Waals surface area contributed by atoms with Gasteiger partial charge < -0.3 is 14.5 Å². The molecular formula is C22H21ClN4O3. The first kappa shape index (κ1) is 20.0. The molecule has 154 valence electrons. The summed E-state index contributed by atoms with van der Waals surface area (Å²) in [7, 11) is 1.57. The summed E-state index contributed by atoms with van der Waals surface area (Å²) in [6.07, 6.45) is 1.74. The Balaban J connectivity index is 1.39. The van der Waals surface area contributed by atoms with Crippen molar-refractivity contribution in [1.82, 2.24) is 19.6 Å². The Labute approximate surface area is 179 Å². The Kier molecular flexibility index (Phi) is 5.72. The van der Waals surface area contributed by atoms with Crippen molar-refractivity contribution in [3.63, 3.8) is 0 Å². The third-order valence-electron chi connectivity index (χ3n) is 5.05. The number of carbonyl (C=O) groups excluding carboxylic acids is 2. The normalized spacial score (nSPS) is 13.9. The topological polar surface area (TPSA) is 67.7 Å². The fourth-order valence-electron chi connectivity index (χ4n) is 3.41. The van der Waals surface area contributed by atoms with Crippen LogP contribution in [0.2, 0.25) is 5.02 Å². The summed E-state index contributed by atoms with van der Waals surface area (Å²) in [5.41, 5.74) is 1.73. The molecular weight excluding hydrogens is 404 g/mol. The Bertz CT molecular complexity index is 1070. The molecule has 1 saturated heterocycles. The van der Waals surface area contributed by atoms with Gasteiger partial charge in [-0.05, 0) is 42.5 Å². The van der Waals surface area contributed by atoms with Crippen LogP contribution in [-0.4, -0.2) is 64.7 Å². The molecule has 1 fully saturated rings. The van der Waals surface area contributed by atoms with E-state index in [-0.39, 0.29) is 11.8 Å². The molecule has 1 aliphatic rings. The number of halogens is 1. The van der Waals surface area contributed by atoms with Crippen LogP contribution < -0.4 is 4.74 Å². The first-order valence-corrected chi connectivity index (χ1v) is 9.97. The van der Waals surface area contributed by atoms with Gasteiger partial charge in [-0.3, -0.25) is 9.59 Å². The van der Waals surface area contributed by atoms with Gasteiger partial charge in [-0.25, -0.2) is 4.68 Å². The molecule has 4 rings (SSSR count). The first-order chi connectivity index (χ1) is 14.5. The summed E-state index contributed by atoms with van der Waals surface area (Å²) < 4.78 is 6.82. The third-order valence-corrected chi connectivity index (χ3v) is 5.29. The van der Waals surface area contributed by atoms with E-state index in [1.807, 2.05) is 12.1 Å². The van der Waals surface area contributed by atoms with Crippen LogP contribution >= 0.6 is 11.6 Å². The van der Waals surface area contributed by atoms with Crippen molar-refractivity contribution in [3.05, 3.63) is 77.1 Å². The van der Waals surface area contributed by atoms with Gasteiger partial charge in [-0.15, -0.1) is 0 Å². The van der Waals surface area contributed by atoms with Gasteiger partial charge in [0.2, 0.25) is 0 Å². The maximum atomic E-state index is 12.8. The monoisotopic (exact) mass is 424 g/mol. The molecule has 0 atom stereocenters. The van der Waals surface area contributed by atoms with E-state index in [0.29, 0.717) is 48.2 Å². The Morgan fingerprint density at radius 2 is 1.63 bits per heavy atom. The SMILES string of the molecule is COc1cccc(C(=O)N2CCN(C(=O)c3ccn(-c4cccc(Cl)c4)n3)CC2)c1. The molecule has 8 heteroatoms. The predicted molar refractivity (Wildman–Crippen MR) is 113 cm³/mol. The molecule has 30 heavy (non-hydrogen) atoms. The second-order valence-electron chi connectivity index (χ2n) is 6.94. The fourth-order valence-corrected chi connectivity index (χ4v) is 3.60. The van der Waals surface area contributed by atoms with Crippen molar-refractivity contribution in [2.24, 2.45) is 0 Å². The van der Waals surface area contributed by atoms with E-state index in [2.05, 4.69) is 5.10 Å². The second kappa shape index (κ2) is 8.59. The van der Waals surface area contributed by atoms with Gasteiger partial charge >= 0.3 is 0 Å². The lowest BCUT2D eigenvalue weighted by atomic mass is 10.1. The minimum atomic E-state index is -0.149. The van der Waals surface area contributed by atoms with E-state index in [9.17, 15) is 9.59 Å². The largest absolute Gasteiger partial charge is 0.497 e. The second-order valence-corrected chi connectivity index (χ2v) is 7.38. The van der Waals surface area contributed by atoms with E-state index >= 15 is 0 Å². The molecule has 1 aliphatic heterocycles. The first-order valence-electron chi connectivity index (χ1n) is 9.59. The van der Waals surface area contributed by atoms with Crippen molar-refractivity contribution >= 4 is 23.4 Å². The standard InChI is InChI=1S/C22H21ClN4O3/c1-30-19-7-2-4-16(14-19)21(28)25-10-12-26(13-11-25)22(29)20-8-9-27(24-20)18-6-3-5-17(23)15-18/h2-9,14-15H,10-13H2,1H3. The molecule has 2 amide bonds. The van der Waals surface area contributed by atoms with Gasteiger partial charge in [0.05, 0.1) is 12.8 Å². The molecule has 1 aromatic heterocycles. The Morgan fingerprint density at radius 3 is 2.33 bits per heavy atom. The van der Waals surface area contributed by atoms with Gasteiger partial charge in [0.25, 0.3) is 11.8 Å². The molecule has 0 unspecified atom stereocenters. The number of piperazine rings is 1. The number of methoxy groups -OCH3 is 1. The summed E-state index contributed by atoms with van der Waals surface area (Å²) in [4.78, 5) is 29.1. The molecule has 0 aliphatic carbocycles. The number of benzene rings is 2. The van der Waals surface area contributed by atoms with E-state index in [1.165, 1.54) is 0 Å². The Morgan fingerprint density at radius 1 is 0.933 bits per heavy atom. The molecule has 0 bridgehead atoms. The van der Waals surface area contributed by atoms with Gasteiger partial charge in [-0.2, -0.15) is 5.10 Å². The summed E-state index contributed by atoms with van der Waals surface area (Å²) in [6, 6.07) is 16.1. The van der Waals surface area contributed by atoms with Crippen LogP contribution in [0, 0.1) is 0 Å². The molecule has 7 nitrogen and oxygen atoms in total. The number of carbonyl (C=O) groups is 2. The third kappa shape index (κ3) is 4.16. The van der Waals surface area contributed by atoms with Crippen LogP contribution in [-0.2, 0) is 0 Å². The van der Waals surface area contributed by atoms with Crippen LogP contribution in [0.3, 0.4) is 0 Å². The molecule has 2 aromatic carbocycles. The molecule has 2 heterocycles. The minimum absolute atomic E-state index is 0.0637. The zero-order chi connectivity index (χ0) is 21.1. The molecule has 0 spiro atoms. The van der Waals surface area contributed by atoms with E-state index in [4.69, 9.17) is 16.3 Å². The zero-order valence-electron chi connectivity index (χ0n) is 16.5. The fraction of sp³-hybridized carbons (Fsp3) is 0.227. The highest BCUT2D eigenvalue weighted by Gasteiger charge is 2.26. The van der Waals surface area contributed by atoms with Crippen molar-refractivity contribution in [2.45, 2.75) is 0 Å². The van der Waals surface area contributed by atoms with Gasteiger partial charge in [0.15, 0.2) is 5.69 Å². The molecule has 0 N–H and O–H groups in total. The molecule has 0 saturated carbocycles. The predicted octanol–water partition coefficient (Wildman–Crippen LogP) is 3.13. The average molecular weight is 425 g/mol. The Hall–Kier alpha value is -3.32. The zero-order valence-corrected chi connectivity index (χ0v) is 17.2. The molecule has 3 aromatic rings. The highest BCUT2D eigenvalue weighted by Crippen LogP contribution is 2.17. The van der Waals surface area contributed by atoms with Crippen molar-refractivity contribution in [1.29, 1.82) is 0 Å². The van der Waals surface area contributed by atoms with Crippen molar-refractivity contribution < 1.29 is 14.3 Å². The van der Waals surface area contributed by atoms with Crippen LogP contribution in [0.1, 0.15) is 20.8 Å². The van der Waals surface area contributed by atoms with E-state index in [0.717, 1.165) is 5.69 Å². The van der Waals surface area contributed by atoms with E-state index < -0.39 is 0 Å². The average Bonchev–Trinajstić information content (AvgIpc) is 3.29. The minimum Gasteiger partial charge on any atom is -0.497 e. The van der Waals surface area contributed by atoms with Crippen molar-refractivity contribution in [2.75, 3.05) is 33.3 Å². The van der Waals surface area contributed by atoms with Crippen LogP contribution in [0.15, 0.2) is 60.8 Å².